The summed E-state index contributed by atoms with van der Waals surface area (Å²) in [6.07, 6.45) is 2.29. The molecule has 0 saturated carbocycles. The quantitative estimate of drug-likeness (QED) is 0.757. The maximum absolute atomic E-state index is 12.3. The number of rotatable bonds is 4. The van der Waals surface area contributed by atoms with Gasteiger partial charge in [0.25, 0.3) is 0 Å². The minimum absolute atomic E-state index is 0.281. The summed E-state index contributed by atoms with van der Waals surface area (Å²) in [7, 11) is 0. The Morgan fingerprint density at radius 3 is 2.88 bits per heavy atom. The lowest BCUT2D eigenvalue weighted by Gasteiger charge is -2.36. The largest absolute Gasteiger partial charge is 0.444 e. The van der Waals surface area contributed by atoms with E-state index >= 15 is 0 Å². The van der Waals surface area contributed by atoms with Crippen molar-refractivity contribution in [3.8, 4) is 0 Å². The monoisotopic (exact) mass is 377 g/mol. The van der Waals surface area contributed by atoms with Crippen LogP contribution in [-0.2, 0) is 11.2 Å². The number of amides is 1. The van der Waals surface area contributed by atoms with Crippen molar-refractivity contribution < 1.29 is 14.7 Å². The Bertz CT molecular complexity index is 784. The topological polar surface area (TPSA) is 77.6 Å². The summed E-state index contributed by atoms with van der Waals surface area (Å²) in [5.41, 5.74) is 2.67. The number of ether oxygens (including phenoxy) is 1. The molecule has 2 aromatic rings. The summed E-state index contributed by atoms with van der Waals surface area (Å²) in [6, 6.07) is 7.53. The van der Waals surface area contributed by atoms with Crippen molar-refractivity contribution in [3.63, 3.8) is 0 Å². The average molecular weight is 378 g/mol. The van der Waals surface area contributed by atoms with E-state index in [1.165, 1.54) is 16.0 Å². The minimum atomic E-state index is -0.564. The Hall–Kier alpha value is -1.70. The zero-order valence-electron chi connectivity index (χ0n) is 15.7. The molecular formula is C19H27N3O3S. The summed E-state index contributed by atoms with van der Waals surface area (Å²) < 4.78 is 5.42. The minimum Gasteiger partial charge on any atom is -0.444 e. The number of benzene rings is 1. The molecule has 6 nitrogen and oxygen atoms in total. The molecule has 2 heterocycles. The maximum Gasteiger partial charge on any atom is 0.407 e. The van der Waals surface area contributed by atoms with E-state index in [0.717, 1.165) is 17.6 Å². The van der Waals surface area contributed by atoms with E-state index in [0.29, 0.717) is 12.3 Å². The van der Waals surface area contributed by atoms with E-state index in [2.05, 4.69) is 16.4 Å². The number of nitrogens with zero attached hydrogens (tertiary/aromatic N) is 1. The van der Waals surface area contributed by atoms with Crippen molar-refractivity contribution in [1.29, 1.82) is 0 Å². The van der Waals surface area contributed by atoms with Gasteiger partial charge in [-0.3, -0.25) is 0 Å². The second kappa shape index (κ2) is 7.50. The number of para-hydroxylation sites is 1. The molecule has 1 aromatic heterocycles. The number of alkyl carbamates (subject to hydrolysis) is 1. The molecule has 0 saturated heterocycles. The first-order chi connectivity index (χ1) is 12.3. The fourth-order valence-corrected chi connectivity index (χ4v) is 4.14. The second-order valence-corrected chi connectivity index (χ2v) is 8.54. The Morgan fingerprint density at radius 2 is 2.19 bits per heavy atom. The molecule has 3 rings (SSSR count). The van der Waals surface area contributed by atoms with Crippen LogP contribution in [0.2, 0.25) is 0 Å². The molecule has 0 aliphatic carbocycles. The molecule has 1 amide bonds. The molecule has 142 valence electrons. The van der Waals surface area contributed by atoms with E-state index in [1.807, 2.05) is 45.2 Å². The van der Waals surface area contributed by atoms with Crippen LogP contribution in [0.4, 0.5) is 4.79 Å². The number of hydrogen-bond donors (Lipinski definition) is 3. The third kappa shape index (κ3) is 4.00. The Kier molecular flexibility index (Phi) is 5.50. The zero-order valence-corrected chi connectivity index (χ0v) is 16.5. The molecule has 1 aliphatic rings. The number of aromatic amines is 1. The number of carbonyl (C=O) groups excluding carboxylic acids is 1. The van der Waals surface area contributed by atoms with Gasteiger partial charge in [0, 0.05) is 28.9 Å². The highest BCUT2D eigenvalue weighted by Crippen LogP contribution is 2.36. The maximum atomic E-state index is 12.3. The van der Waals surface area contributed by atoms with Crippen LogP contribution < -0.4 is 5.32 Å². The predicted molar refractivity (Wildman–Crippen MR) is 105 cm³/mol. The average Bonchev–Trinajstić information content (AvgIpc) is 2.91. The van der Waals surface area contributed by atoms with Gasteiger partial charge in [-0.25, -0.2) is 4.79 Å². The number of thioether (sulfide) groups is 1. The standard InChI is InChI=1S/C19H27N3O3S/c1-19(2,3)25-18(23)21-15(11-26-4)17-16-13(9-10-22(17)24)12-7-5-6-8-14(12)20-16/h5-8,15,17,20,24H,9-11H2,1-4H3,(H,21,23)/t15-,17-/m0/s1. The van der Waals surface area contributed by atoms with Crippen LogP contribution in [-0.4, -0.2) is 51.5 Å². The number of H-pyrrole nitrogens is 1. The van der Waals surface area contributed by atoms with Gasteiger partial charge in [0.05, 0.1) is 12.1 Å². The molecule has 7 heteroatoms. The molecule has 0 bridgehead atoms. The van der Waals surface area contributed by atoms with Crippen molar-refractivity contribution in [2.24, 2.45) is 0 Å². The van der Waals surface area contributed by atoms with Crippen LogP contribution in [0.25, 0.3) is 10.9 Å². The van der Waals surface area contributed by atoms with Gasteiger partial charge in [-0.05, 0) is 45.1 Å². The molecular weight excluding hydrogens is 350 g/mol. The molecule has 0 radical (unpaired) electrons. The smallest absolute Gasteiger partial charge is 0.407 e. The van der Waals surface area contributed by atoms with Gasteiger partial charge in [0.2, 0.25) is 0 Å². The van der Waals surface area contributed by atoms with Gasteiger partial charge >= 0.3 is 6.09 Å². The molecule has 2 atom stereocenters. The number of nitrogens with one attached hydrogen (secondary N) is 2. The number of aromatic nitrogens is 1. The van der Waals surface area contributed by atoms with Crippen molar-refractivity contribution in [3.05, 3.63) is 35.5 Å². The number of carbonyl (C=O) groups is 1. The molecule has 0 unspecified atom stereocenters. The Labute approximate surface area is 158 Å². The number of hydroxylamine groups is 2. The van der Waals surface area contributed by atoms with Crippen molar-refractivity contribution in [2.45, 2.75) is 44.9 Å². The van der Waals surface area contributed by atoms with E-state index in [-0.39, 0.29) is 12.1 Å². The normalized spacial score (nSPS) is 19.2. The van der Waals surface area contributed by atoms with E-state index < -0.39 is 11.7 Å². The second-order valence-electron chi connectivity index (χ2n) is 7.63. The fourth-order valence-electron chi connectivity index (χ4n) is 3.52. The molecule has 0 fully saturated rings. The van der Waals surface area contributed by atoms with Crippen LogP contribution in [0, 0.1) is 0 Å². The lowest BCUT2D eigenvalue weighted by Crippen LogP contribution is -2.50. The first kappa shape index (κ1) is 19.1. The summed E-state index contributed by atoms with van der Waals surface area (Å²) >= 11 is 1.62. The highest BCUT2D eigenvalue weighted by atomic mass is 32.2. The van der Waals surface area contributed by atoms with Gasteiger partial charge in [-0.1, -0.05) is 18.2 Å². The highest BCUT2D eigenvalue weighted by molar-refractivity contribution is 7.98. The third-order valence-electron chi connectivity index (χ3n) is 4.48. The van der Waals surface area contributed by atoms with Gasteiger partial charge < -0.3 is 20.2 Å². The molecule has 26 heavy (non-hydrogen) atoms. The van der Waals surface area contributed by atoms with Gasteiger partial charge in [0.15, 0.2) is 0 Å². The summed E-state index contributed by atoms with van der Waals surface area (Å²) in [4.78, 5) is 15.8. The first-order valence-electron chi connectivity index (χ1n) is 8.83. The number of fused-ring (bicyclic) bond motifs is 3. The summed E-state index contributed by atoms with van der Waals surface area (Å²) in [6.45, 7) is 6.04. The Balaban J connectivity index is 1.92. The van der Waals surface area contributed by atoms with Crippen molar-refractivity contribution in [1.82, 2.24) is 15.4 Å². The van der Waals surface area contributed by atoms with Crippen LogP contribution in [0.15, 0.2) is 24.3 Å². The highest BCUT2D eigenvalue weighted by Gasteiger charge is 2.36. The fraction of sp³-hybridized carbons (Fsp3) is 0.526. The van der Waals surface area contributed by atoms with Crippen LogP contribution in [0.3, 0.4) is 0 Å². The third-order valence-corrected chi connectivity index (χ3v) is 5.18. The van der Waals surface area contributed by atoms with E-state index in [1.54, 1.807) is 11.8 Å². The van der Waals surface area contributed by atoms with Crippen molar-refractivity contribution in [2.75, 3.05) is 18.6 Å². The molecule has 3 N–H and O–H groups in total. The zero-order chi connectivity index (χ0) is 18.9. The SMILES string of the molecule is CSC[C@H](NC(=O)OC(C)(C)C)[C@H]1c2[nH]c3ccccc3c2CCN1O. The molecule has 1 aromatic carbocycles. The van der Waals surface area contributed by atoms with E-state index in [4.69, 9.17) is 4.74 Å². The van der Waals surface area contributed by atoms with Crippen LogP contribution in [0.1, 0.15) is 38.1 Å². The van der Waals surface area contributed by atoms with Gasteiger partial charge in [-0.2, -0.15) is 16.8 Å². The van der Waals surface area contributed by atoms with Crippen molar-refractivity contribution >= 4 is 28.8 Å². The molecule has 1 aliphatic heterocycles. The Morgan fingerprint density at radius 1 is 1.46 bits per heavy atom. The lowest BCUT2D eigenvalue weighted by atomic mass is 9.95. The lowest BCUT2D eigenvalue weighted by molar-refractivity contribution is -0.141. The van der Waals surface area contributed by atoms with Crippen LogP contribution in [0.5, 0.6) is 0 Å². The summed E-state index contributed by atoms with van der Waals surface area (Å²) in [5.74, 6) is 0.662. The van der Waals surface area contributed by atoms with Crippen LogP contribution >= 0.6 is 11.8 Å². The predicted octanol–water partition coefficient (Wildman–Crippen LogP) is 3.71. The number of hydrogen-bond acceptors (Lipinski definition) is 5. The van der Waals surface area contributed by atoms with Gasteiger partial charge in [-0.15, -0.1) is 0 Å². The molecule has 0 spiro atoms. The summed E-state index contributed by atoms with van der Waals surface area (Å²) in [5, 5.41) is 16.1. The van der Waals surface area contributed by atoms with Gasteiger partial charge in [0.1, 0.15) is 5.60 Å². The van der Waals surface area contributed by atoms with E-state index in [9.17, 15) is 10.0 Å². The first-order valence-corrected chi connectivity index (χ1v) is 10.2.